The van der Waals surface area contributed by atoms with Crippen LogP contribution in [0.25, 0.3) is 0 Å². The third-order valence-corrected chi connectivity index (χ3v) is 2.70. The zero-order valence-electron chi connectivity index (χ0n) is 10.0. The summed E-state index contributed by atoms with van der Waals surface area (Å²) in [6, 6.07) is 7.86. The molecule has 0 unspecified atom stereocenters. The van der Waals surface area contributed by atoms with Crippen LogP contribution in [0.1, 0.15) is 11.1 Å². The van der Waals surface area contributed by atoms with Crippen LogP contribution in [0.4, 0.5) is 8.78 Å². The highest BCUT2D eigenvalue weighted by Crippen LogP contribution is 2.24. The standard InChI is InChI=1S/C14H13F2NO2/c15-11-3-2-10(12(16)6-11)8-17-7-9-1-4-13(18)14(19)5-9/h1-6,17-19H,7-8H2. The number of phenolic OH excluding ortho intramolecular Hbond substituents is 2. The van der Waals surface area contributed by atoms with Gasteiger partial charge in [0.2, 0.25) is 0 Å². The predicted octanol–water partition coefficient (Wildman–Crippen LogP) is 2.67. The maximum Gasteiger partial charge on any atom is 0.157 e. The third kappa shape index (κ3) is 3.42. The topological polar surface area (TPSA) is 52.5 Å². The van der Waals surface area contributed by atoms with Crippen LogP contribution in [-0.2, 0) is 13.1 Å². The lowest BCUT2D eigenvalue weighted by Crippen LogP contribution is -2.13. The Labute approximate surface area is 109 Å². The molecule has 0 bridgehead atoms. The van der Waals surface area contributed by atoms with Crippen molar-refractivity contribution in [2.45, 2.75) is 13.1 Å². The molecule has 100 valence electrons. The molecule has 0 aliphatic carbocycles. The Morgan fingerprint density at radius 1 is 0.895 bits per heavy atom. The molecule has 5 heteroatoms. The number of hydrogen-bond acceptors (Lipinski definition) is 3. The molecule has 0 fully saturated rings. The molecule has 0 aliphatic heterocycles. The molecule has 2 aromatic rings. The van der Waals surface area contributed by atoms with Gasteiger partial charge < -0.3 is 15.5 Å². The summed E-state index contributed by atoms with van der Waals surface area (Å²) in [7, 11) is 0. The van der Waals surface area contributed by atoms with Crippen LogP contribution in [0.3, 0.4) is 0 Å². The fourth-order valence-corrected chi connectivity index (χ4v) is 1.69. The maximum absolute atomic E-state index is 13.3. The smallest absolute Gasteiger partial charge is 0.157 e. The van der Waals surface area contributed by atoms with Gasteiger partial charge >= 0.3 is 0 Å². The Morgan fingerprint density at radius 2 is 1.68 bits per heavy atom. The second kappa shape index (κ2) is 5.67. The van der Waals surface area contributed by atoms with Gasteiger partial charge in [-0.05, 0) is 23.8 Å². The molecule has 0 spiro atoms. The zero-order valence-corrected chi connectivity index (χ0v) is 10.0. The average Bonchev–Trinajstić information content (AvgIpc) is 2.36. The van der Waals surface area contributed by atoms with Crippen molar-refractivity contribution in [1.82, 2.24) is 5.32 Å². The first-order chi connectivity index (χ1) is 9.06. The summed E-state index contributed by atoms with van der Waals surface area (Å²) in [5, 5.41) is 21.4. The van der Waals surface area contributed by atoms with Gasteiger partial charge in [-0.15, -0.1) is 0 Å². The SMILES string of the molecule is Oc1ccc(CNCc2ccc(F)cc2F)cc1O. The number of phenols is 2. The monoisotopic (exact) mass is 265 g/mol. The second-order valence-electron chi connectivity index (χ2n) is 4.16. The van der Waals surface area contributed by atoms with Crippen LogP contribution in [0.5, 0.6) is 11.5 Å². The van der Waals surface area contributed by atoms with Gasteiger partial charge in [0, 0.05) is 24.7 Å². The van der Waals surface area contributed by atoms with Crippen molar-refractivity contribution >= 4 is 0 Å². The molecule has 2 aromatic carbocycles. The molecule has 0 aliphatic rings. The molecule has 3 N–H and O–H groups in total. The zero-order chi connectivity index (χ0) is 13.8. The van der Waals surface area contributed by atoms with Crippen molar-refractivity contribution in [2.75, 3.05) is 0 Å². The van der Waals surface area contributed by atoms with Gasteiger partial charge in [-0.25, -0.2) is 8.78 Å². The lowest BCUT2D eigenvalue weighted by Gasteiger charge is -2.07. The van der Waals surface area contributed by atoms with Crippen molar-refractivity contribution in [2.24, 2.45) is 0 Å². The van der Waals surface area contributed by atoms with Gasteiger partial charge in [0.1, 0.15) is 11.6 Å². The highest BCUT2D eigenvalue weighted by molar-refractivity contribution is 5.40. The fraction of sp³-hybridized carbons (Fsp3) is 0.143. The molecule has 0 aromatic heterocycles. The van der Waals surface area contributed by atoms with E-state index in [4.69, 9.17) is 5.11 Å². The minimum absolute atomic E-state index is 0.187. The Morgan fingerprint density at radius 3 is 2.37 bits per heavy atom. The number of rotatable bonds is 4. The molecule has 0 radical (unpaired) electrons. The molecule has 0 atom stereocenters. The highest BCUT2D eigenvalue weighted by atomic mass is 19.1. The first-order valence-corrected chi connectivity index (χ1v) is 5.72. The predicted molar refractivity (Wildman–Crippen MR) is 66.7 cm³/mol. The van der Waals surface area contributed by atoms with Crippen molar-refractivity contribution in [3.8, 4) is 11.5 Å². The summed E-state index contributed by atoms with van der Waals surface area (Å²) in [6.45, 7) is 0.637. The summed E-state index contributed by atoms with van der Waals surface area (Å²) >= 11 is 0. The van der Waals surface area contributed by atoms with E-state index in [1.165, 1.54) is 24.3 Å². The largest absolute Gasteiger partial charge is 0.504 e. The Balaban J connectivity index is 1.94. The summed E-state index contributed by atoms with van der Waals surface area (Å²) in [4.78, 5) is 0. The van der Waals surface area contributed by atoms with Gasteiger partial charge in [-0.3, -0.25) is 0 Å². The Bertz CT molecular complexity index is 588. The summed E-state index contributed by atoms with van der Waals surface area (Å²) in [6.07, 6.45) is 0. The van der Waals surface area contributed by atoms with Crippen molar-refractivity contribution in [1.29, 1.82) is 0 Å². The lowest BCUT2D eigenvalue weighted by atomic mass is 10.1. The van der Waals surface area contributed by atoms with Crippen molar-refractivity contribution in [3.05, 3.63) is 59.2 Å². The first kappa shape index (κ1) is 13.3. The molecular formula is C14H13F2NO2. The van der Waals surface area contributed by atoms with Crippen LogP contribution in [0.2, 0.25) is 0 Å². The number of nitrogens with one attached hydrogen (secondary N) is 1. The highest BCUT2D eigenvalue weighted by Gasteiger charge is 2.04. The molecule has 0 saturated carbocycles. The van der Waals surface area contributed by atoms with Gasteiger partial charge in [0.15, 0.2) is 11.5 Å². The Hall–Kier alpha value is -2.14. The number of hydrogen-bond donors (Lipinski definition) is 3. The van der Waals surface area contributed by atoms with Gasteiger partial charge in [0.05, 0.1) is 0 Å². The maximum atomic E-state index is 13.3. The molecule has 0 saturated heterocycles. The van der Waals surface area contributed by atoms with E-state index in [9.17, 15) is 13.9 Å². The third-order valence-electron chi connectivity index (χ3n) is 2.70. The first-order valence-electron chi connectivity index (χ1n) is 5.72. The summed E-state index contributed by atoms with van der Waals surface area (Å²) in [5.74, 6) is -1.59. The van der Waals surface area contributed by atoms with E-state index in [0.29, 0.717) is 12.1 Å². The molecule has 0 heterocycles. The number of benzene rings is 2. The Kier molecular flexibility index (Phi) is 3.97. The van der Waals surface area contributed by atoms with Crippen LogP contribution in [0, 0.1) is 11.6 Å². The number of aromatic hydroxyl groups is 2. The minimum atomic E-state index is -0.607. The van der Waals surface area contributed by atoms with Crippen LogP contribution < -0.4 is 5.32 Å². The molecule has 0 amide bonds. The molecule has 2 rings (SSSR count). The van der Waals surface area contributed by atoms with Crippen molar-refractivity contribution < 1.29 is 19.0 Å². The summed E-state index contributed by atoms with van der Waals surface area (Å²) in [5.41, 5.74) is 1.11. The van der Waals surface area contributed by atoms with E-state index in [2.05, 4.69) is 5.32 Å². The van der Waals surface area contributed by atoms with E-state index in [0.717, 1.165) is 11.6 Å². The normalized spacial score (nSPS) is 10.6. The van der Waals surface area contributed by atoms with Crippen LogP contribution >= 0.6 is 0 Å². The average molecular weight is 265 g/mol. The van der Waals surface area contributed by atoms with Crippen molar-refractivity contribution in [3.63, 3.8) is 0 Å². The second-order valence-corrected chi connectivity index (χ2v) is 4.16. The van der Waals surface area contributed by atoms with E-state index in [1.54, 1.807) is 6.07 Å². The fourth-order valence-electron chi connectivity index (χ4n) is 1.69. The van der Waals surface area contributed by atoms with Gasteiger partial charge in [0.25, 0.3) is 0 Å². The van der Waals surface area contributed by atoms with Crippen LogP contribution in [-0.4, -0.2) is 10.2 Å². The quantitative estimate of drug-likeness (QED) is 0.745. The summed E-state index contributed by atoms with van der Waals surface area (Å²) < 4.78 is 26.0. The molecular weight excluding hydrogens is 252 g/mol. The van der Waals surface area contributed by atoms with E-state index in [1.807, 2.05) is 0 Å². The number of halogens is 2. The molecule has 3 nitrogen and oxygen atoms in total. The van der Waals surface area contributed by atoms with Gasteiger partial charge in [-0.1, -0.05) is 12.1 Å². The van der Waals surface area contributed by atoms with E-state index in [-0.39, 0.29) is 18.0 Å². The minimum Gasteiger partial charge on any atom is -0.504 e. The van der Waals surface area contributed by atoms with Crippen LogP contribution in [0.15, 0.2) is 36.4 Å². The van der Waals surface area contributed by atoms with E-state index >= 15 is 0 Å². The van der Waals surface area contributed by atoms with E-state index < -0.39 is 11.6 Å². The molecule has 19 heavy (non-hydrogen) atoms. The lowest BCUT2D eigenvalue weighted by molar-refractivity contribution is 0.403. The van der Waals surface area contributed by atoms with Gasteiger partial charge in [-0.2, -0.15) is 0 Å².